The quantitative estimate of drug-likeness (QED) is 0.674. The van der Waals surface area contributed by atoms with Crippen LogP contribution in [0.3, 0.4) is 0 Å². The van der Waals surface area contributed by atoms with Crippen molar-refractivity contribution in [3.05, 3.63) is 69.2 Å². The molecule has 3 nitrogen and oxygen atoms in total. The van der Waals surface area contributed by atoms with E-state index in [1.165, 1.54) is 5.56 Å². The molecular weight excluding hydrogens is 316 g/mol. The summed E-state index contributed by atoms with van der Waals surface area (Å²) < 4.78 is 1.01. The van der Waals surface area contributed by atoms with Crippen LogP contribution in [-0.2, 0) is 0 Å². The van der Waals surface area contributed by atoms with E-state index in [1.54, 1.807) is 12.3 Å². The van der Waals surface area contributed by atoms with Gasteiger partial charge in [-0.2, -0.15) is 5.10 Å². The molecule has 0 spiro atoms. The number of halogens is 1. The fourth-order valence-electron chi connectivity index (χ4n) is 1.66. The van der Waals surface area contributed by atoms with E-state index >= 15 is 0 Å². The minimum atomic E-state index is -0.207. The molecule has 0 heterocycles. The molecule has 0 fully saturated rings. The second kappa shape index (κ2) is 6.48. The van der Waals surface area contributed by atoms with E-state index in [1.807, 2.05) is 50.2 Å². The number of aryl methyl sites for hydroxylation is 2. The Hall–Kier alpha value is -1.94. The fraction of sp³-hybridized carbons (Fsp3) is 0.125. The van der Waals surface area contributed by atoms with Gasteiger partial charge < -0.3 is 0 Å². The molecule has 4 heteroatoms. The average Bonchev–Trinajstić information content (AvgIpc) is 2.44. The highest BCUT2D eigenvalue weighted by Crippen LogP contribution is 2.10. The van der Waals surface area contributed by atoms with E-state index in [-0.39, 0.29) is 5.91 Å². The van der Waals surface area contributed by atoms with E-state index < -0.39 is 0 Å². The molecule has 0 atom stereocenters. The molecule has 0 aliphatic heterocycles. The van der Waals surface area contributed by atoms with Crippen molar-refractivity contribution in [1.82, 2.24) is 5.43 Å². The number of hydrogen-bond donors (Lipinski definition) is 1. The molecule has 0 aromatic heterocycles. The van der Waals surface area contributed by atoms with Crippen molar-refractivity contribution in [2.45, 2.75) is 13.8 Å². The first kappa shape index (κ1) is 14.5. The molecule has 0 bridgehead atoms. The van der Waals surface area contributed by atoms with E-state index in [4.69, 9.17) is 0 Å². The highest BCUT2D eigenvalue weighted by atomic mass is 79.9. The van der Waals surface area contributed by atoms with Gasteiger partial charge in [-0.25, -0.2) is 5.43 Å². The first-order valence-corrected chi connectivity index (χ1v) is 7.02. The number of carbonyl (C=O) groups is 1. The second-order valence-electron chi connectivity index (χ2n) is 4.55. The van der Waals surface area contributed by atoms with E-state index in [0.29, 0.717) is 5.56 Å². The predicted octanol–water partition coefficient (Wildman–Crippen LogP) is 3.83. The number of benzene rings is 2. The van der Waals surface area contributed by atoms with Crippen LogP contribution in [0.1, 0.15) is 27.0 Å². The highest BCUT2D eigenvalue weighted by Gasteiger charge is 2.04. The van der Waals surface area contributed by atoms with Gasteiger partial charge in [0.2, 0.25) is 0 Å². The van der Waals surface area contributed by atoms with Crippen molar-refractivity contribution in [3.8, 4) is 0 Å². The zero-order valence-corrected chi connectivity index (χ0v) is 12.9. The largest absolute Gasteiger partial charge is 0.271 e. The highest BCUT2D eigenvalue weighted by molar-refractivity contribution is 9.10. The first-order valence-electron chi connectivity index (χ1n) is 6.22. The number of nitrogens with zero attached hydrogens (tertiary/aromatic N) is 1. The monoisotopic (exact) mass is 330 g/mol. The zero-order valence-electron chi connectivity index (χ0n) is 11.4. The first-order chi connectivity index (χ1) is 9.56. The van der Waals surface area contributed by atoms with Crippen molar-refractivity contribution in [2.75, 3.05) is 0 Å². The maximum Gasteiger partial charge on any atom is 0.271 e. The van der Waals surface area contributed by atoms with Gasteiger partial charge in [-0.05, 0) is 54.8 Å². The minimum absolute atomic E-state index is 0.207. The summed E-state index contributed by atoms with van der Waals surface area (Å²) in [5, 5.41) is 3.96. The molecule has 0 unspecified atom stereocenters. The minimum Gasteiger partial charge on any atom is -0.267 e. The third-order valence-corrected chi connectivity index (χ3v) is 3.55. The summed E-state index contributed by atoms with van der Waals surface area (Å²) in [7, 11) is 0. The van der Waals surface area contributed by atoms with Crippen LogP contribution in [0.15, 0.2) is 52.0 Å². The third-order valence-electron chi connectivity index (χ3n) is 3.02. The Kier molecular flexibility index (Phi) is 4.69. The number of rotatable bonds is 3. The Labute approximate surface area is 126 Å². The van der Waals surface area contributed by atoms with Crippen molar-refractivity contribution < 1.29 is 4.79 Å². The van der Waals surface area contributed by atoms with Crippen molar-refractivity contribution in [2.24, 2.45) is 5.10 Å². The summed E-state index contributed by atoms with van der Waals surface area (Å²) in [6, 6.07) is 13.3. The third kappa shape index (κ3) is 3.78. The van der Waals surface area contributed by atoms with Gasteiger partial charge in [0.15, 0.2) is 0 Å². The Balaban J connectivity index is 2.01. The fourth-order valence-corrected chi connectivity index (χ4v) is 1.93. The van der Waals surface area contributed by atoms with Gasteiger partial charge in [-0.3, -0.25) is 4.79 Å². The lowest BCUT2D eigenvalue weighted by Gasteiger charge is -2.03. The van der Waals surface area contributed by atoms with Gasteiger partial charge in [0, 0.05) is 10.0 Å². The molecule has 2 aromatic carbocycles. The van der Waals surface area contributed by atoms with Crippen LogP contribution in [0, 0.1) is 13.8 Å². The molecule has 0 aliphatic rings. The number of nitrogens with one attached hydrogen (secondary N) is 1. The molecule has 2 rings (SSSR count). The second-order valence-corrected chi connectivity index (χ2v) is 5.47. The summed E-state index contributed by atoms with van der Waals surface area (Å²) in [6.07, 6.45) is 1.62. The average molecular weight is 331 g/mol. The number of amides is 1. The molecule has 0 saturated heterocycles. The van der Waals surface area contributed by atoms with Gasteiger partial charge in [-0.1, -0.05) is 34.1 Å². The van der Waals surface area contributed by atoms with Crippen LogP contribution in [0.2, 0.25) is 0 Å². The van der Waals surface area contributed by atoms with Crippen molar-refractivity contribution in [3.63, 3.8) is 0 Å². The van der Waals surface area contributed by atoms with Gasteiger partial charge >= 0.3 is 0 Å². The predicted molar refractivity (Wildman–Crippen MR) is 85.1 cm³/mol. The molecule has 20 heavy (non-hydrogen) atoms. The van der Waals surface area contributed by atoms with E-state index in [9.17, 15) is 4.79 Å². The molecule has 1 N–H and O–H groups in total. The lowest BCUT2D eigenvalue weighted by Crippen LogP contribution is -2.17. The summed E-state index contributed by atoms with van der Waals surface area (Å²) in [6.45, 7) is 4.00. The molecule has 0 radical (unpaired) electrons. The van der Waals surface area contributed by atoms with Crippen LogP contribution >= 0.6 is 15.9 Å². The summed E-state index contributed by atoms with van der Waals surface area (Å²) in [5.74, 6) is -0.207. The summed E-state index contributed by atoms with van der Waals surface area (Å²) >= 11 is 3.37. The number of hydrazone groups is 1. The number of carbonyl (C=O) groups excluding carboxylic acids is 1. The van der Waals surface area contributed by atoms with Crippen LogP contribution in [0.25, 0.3) is 0 Å². The van der Waals surface area contributed by atoms with Gasteiger partial charge in [0.1, 0.15) is 0 Å². The molecule has 0 aliphatic carbocycles. The summed E-state index contributed by atoms with van der Waals surface area (Å²) in [4.78, 5) is 11.9. The Morgan fingerprint density at radius 1 is 1.10 bits per heavy atom. The molecule has 1 amide bonds. The Bertz CT molecular complexity index is 648. The standard InChI is InChI=1S/C16H15BrN2O/c1-11-3-6-14(9-12(11)2)16(20)19-18-10-13-4-7-15(17)8-5-13/h3-10H,1-2H3,(H,19,20)/b18-10+. The van der Waals surface area contributed by atoms with Crippen LogP contribution in [0.4, 0.5) is 0 Å². The Morgan fingerprint density at radius 2 is 1.80 bits per heavy atom. The van der Waals surface area contributed by atoms with E-state index in [0.717, 1.165) is 15.6 Å². The SMILES string of the molecule is Cc1ccc(C(=O)N/N=C/c2ccc(Br)cc2)cc1C. The van der Waals surface area contributed by atoms with Gasteiger partial charge in [0.05, 0.1) is 6.21 Å². The lowest BCUT2D eigenvalue weighted by atomic mass is 10.1. The van der Waals surface area contributed by atoms with Crippen LogP contribution in [0.5, 0.6) is 0 Å². The normalized spacial score (nSPS) is 10.8. The lowest BCUT2D eigenvalue weighted by molar-refractivity contribution is 0.0955. The maximum atomic E-state index is 11.9. The molecule has 102 valence electrons. The van der Waals surface area contributed by atoms with Gasteiger partial charge in [-0.15, -0.1) is 0 Å². The van der Waals surface area contributed by atoms with Crippen molar-refractivity contribution >= 4 is 28.1 Å². The molecular formula is C16H15BrN2O. The number of hydrogen-bond acceptors (Lipinski definition) is 2. The maximum absolute atomic E-state index is 11.9. The Morgan fingerprint density at radius 3 is 2.45 bits per heavy atom. The van der Waals surface area contributed by atoms with E-state index in [2.05, 4.69) is 26.5 Å². The molecule has 2 aromatic rings. The van der Waals surface area contributed by atoms with Crippen molar-refractivity contribution in [1.29, 1.82) is 0 Å². The van der Waals surface area contributed by atoms with Gasteiger partial charge in [0.25, 0.3) is 5.91 Å². The topological polar surface area (TPSA) is 41.5 Å². The summed E-state index contributed by atoms with van der Waals surface area (Å²) in [5.41, 5.74) is 6.32. The van der Waals surface area contributed by atoms with Crippen LogP contribution in [-0.4, -0.2) is 12.1 Å². The molecule has 0 saturated carbocycles. The smallest absolute Gasteiger partial charge is 0.267 e. The zero-order chi connectivity index (χ0) is 14.5. The van der Waals surface area contributed by atoms with Crippen LogP contribution < -0.4 is 5.43 Å².